The number of ketones is 1. The van der Waals surface area contributed by atoms with Gasteiger partial charge in [0, 0.05) is 24.2 Å². The van der Waals surface area contributed by atoms with E-state index in [1.807, 2.05) is 62.0 Å². The van der Waals surface area contributed by atoms with E-state index in [4.69, 9.17) is 0 Å². The van der Waals surface area contributed by atoms with Gasteiger partial charge in [-0.15, -0.1) is 0 Å². The van der Waals surface area contributed by atoms with Crippen LogP contribution < -0.4 is 0 Å². The van der Waals surface area contributed by atoms with Crippen LogP contribution in [0.4, 0.5) is 0 Å². The lowest BCUT2D eigenvalue weighted by atomic mass is 9.95. The summed E-state index contributed by atoms with van der Waals surface area (Å²) in [5, 5.41) is 4.30. The molecular weight excluding hydrogens is 224 g/mol. The first-order chi connectivity index (χ1) is 8.58. The van der Waals surface area contributed by atoms with Crippen molar-refractivity contribution < 1.29 is 4.79 Å². The zero-order valence-electron chi connectivity index (χ0n) is 11.1. The van der Waals surface area contributed by atoms with Crippen molar-refractivity contribution in [2.75, 3.05) is 0 Å². The predicted octanol–water partition coefficient (Wildman–Crippen LogP) is 2.79. The van der Waals surface area contributed by atoms with E-state index in [1.165, 1.54) is 0 Å². The van der Waals surface area contributed by atoms with Crippen molar-refractivity contribution in [3.63, 3.8) is 0 Å². The molecule has 94 valence electrons. The van der Waals surface area contributed by atoms with Crippen molar-refractivity contribution in [3.05, 3.63) is 53.3 Å². The Bertz CT molecular complexity index is 543. The van der Waals surface area contributed by atoms with Crippen LogP contribution in [0.2, 0.25) is 0 Å². The van der Waals surface area contributed by atoms with Crippen molar-refractivity contribution in [1.82, 2.24) is 9.78 Å². The molecule has 1 atom stereocenters. The second-order valence-corrected chi connectivity index (χ2v) is 4.74. The molecule has 18 heavy (non-hydrogen) atoms. The molecule has 1 aromatic heterocycles. The van der Waals surface area contributed by atoms with Crippen LogP contribution in [-0.4, -0.2) is 15.6 Å². The van der Waals surface area contributed by atoms with Gasteiger partial charge < -0.3 is 0 Å². The topological polar surface area (TPSA) is 34.9 Å². The van der Waals surface area contributed by atoms with Gasteiger partial charge in [-0.1, -0.05) is 37.3 Å². The van der Waals surface area contributed by atoms with Crippen LogP contribution in [0.1, 0.15) is 28.7 Å². The molecule has 0 N–H and O–H groups in total. The zero-order chi connectivity index (χ0) is 13.1. The Balaban J connectivity index is 2.11. The fourth-order valence-corrected chi connectivity index (χ4v) is 2.15. The van der Waals surface area contributed by atoms with Gasteiger partial charge in [0.25, 0.3) is 0 Å². The molecule has 0 fully saturated rings. The first-order valence-electron chi connectivity index (χ1n) is 6.16. The number of aryl methyl sites for hydroxylation is 2. The molecule has 0 aliphatic carbocycles. The van der Waals surface area contributed by atoms with Crippen molar-refractivity contribution in [2.24, 2.45) is 13.0 Å². The van der Waals surface area contributed by atoms with Gasteiger partial charge in [-0.25, -0.2) is 0 Å². The highest BCUT2D eigenvalue weighted by molar-refractivity contribution is 5.97. The van der Waals surface area contributed by atoms with E-state index in [2.05, 4.69) is 5.10 Å². The minimum atomic E-state index is -0.0257. The fourth-order valence-electron chi connectivity index (χ4n) is 2.15. The molecule has 3 nitrogen and oxygen atoms in total. The Morgan fingerprint density at radius 2 is 2.00 bits per heavy atom. The molecule has 0 spiro atoms. The Labute approximate surface area is 107 Å². The van der Waals surface area contributed by atoms with Gasteiger partial charge in [0.05, 0.1) is 5.69 Å². The third-order valence-electron chi connectivity index (χ3n) is 3.12. The summed E-state index contributed by atoms with van der Waals surface area (Å²) < 4.78 is 1.85. The molecule has 0 saturated heterocycles. The summed E-state index contributed by atoms with van der Waals surface area (Å²) in [7, 11) is 1.92. The molecule has 1 heterocycles. The summed E-state index contributed by atoms with van der Waals surface area (Å²) in [6, 6.07) is 11.5. The highest BCUT2D eigenvalue weighted by Gasteiger charge is 2.17. The van der Waals surface area contributed by atoms with E-state index in [1.54, 1.807) is 0 Å². The molecular formula is C15H18N2O. The van der Waals surface area contributed by atoms with Gasteiger partial charge in [-0.2, -0.15) is 5.10 Å². The third-order valence-corrected chi connectivity index (χ3v) is 3.12. The van der Waals surface area contributed by atoms with E-state index >= 15 is 0 Å². The molecule has 3 heteroatoms. The number of carbonyl (C=O) groups excluding carboxylic acids is 1. The van der Waals surface area contributed by atoms with Crippen LogP contribution >= 0.6 is 0 Å². The average molecular weight is 242 g/mol. The SMILES string of the molecule is Cc1cc(CC(C)C(=O)c2ccccc2)n(C)n1. The first-order valence-corrected chi connectivity index (χ1v) is 6.16. The molecule has 0 bridgehead atoms. The molecule has 0 radical (unpaired) electrons. The monoisotopic (exact) mass is 242 g/mol. The maximum Gasteiger partial charge on any atom is 0.166 e. The Morgan fingerprint density at radius 1 is 1.33 bits per heavy atom. The number of rotatable bonds is 4. The summed E-state index contributed by atoms with van der Waals surface area (Å²) >= 11 is 0. The first kappa shape index (κ1) is 12.6. The van der Waals surface area contributed by atoms with E-state index in [0.717, 1.165) is 23.4 Å². The van der Waals surface area contributed by atoms with Gasteiger partial charge in [0.2, 0.25) is 0 Å². The van der Waals surface area contributed by atoms with Crippen molar-refractivity contribution >= 4 is 5.78 Å². The van der Waals surface area contributed by atoms with E-state index in [9.17, 15) is 4.79 Å². The van der Waals surface area contributed by atoms with Crippen LogP contribution in [0.3, 0.4) is 0 Å². The minimum Gasteiger partial charge on any atom is -0.294 e. The average Bonchev–Trinajstić information content (AvgIpc) is 2.68. The van der Waals surface area contributed by atoms with E-state index in [0.29, 0.717) is 0 Å². The maximum atomic E-state index is 12.2. The normalized spacial score (nSPS) is 12.4. The van der Waals surface area contributed by atoms with Crippen molar-refractivity contribution in [1.29, 1.82) is 0 Å². The predicted molar refractivity (Wildman–Crippen MR) is 71.6 cm³/mol. The molecule has 1 unspecified atom stereocenters. The number of nitrogens with zero attached hydrogens (tertiary/aromatic N) is 2. The van der Waals surface area contributed by atoms with Gasteiger partial charge in [-0.05, 0) is 19.4 Å². The van der Waals surface area contributed by atoms with Crippen LogP contribution in [0.25, 0.3) is 0 Å². The molecule has 2 aromatic rings. The van der Waals surface area contributed by atoms with Gasteiger partial charge in [-0.3, -0.25) is 9.48 Å². The standard InChI is InChI=1S/C15H18N2O/c1-11(9-14-10-12(2)16-17(14)3)15(18)13-7-5-4-6-8-13/h4-8,10-11H,9H2,1-3H3. The summed E-state index contributed by atoms with van der Waals surface area (Å²) in [6.45, 7) is 3.94. The number of hydrogen-bond acceptors (Lipinski definition) is 2. The van der Waals surface area contributed by atoms with Gasteiger partial charge in [0.1, 0.15) is 0 Å². The third kappa shape index (κ3) is 2.67. The minimum absolute atomic E-state index is 0.0257. The van der Waals surface area contributed by atoms with Gasteiger partial charge in [0.15, 0.2) is 5.78 Å². The lowest BCUT2D eigenvalue weighted by Crippen LogP contribution is -2.15. The van der Waals surface area contributed by atoms with Crippen LogP contribution in [0.5, 0.6) is 0 Å². The van der Waals surface area contributed by atoms with Crippen LogP contribution in [0, 0.1) is 12.8 Å². The largest absolute Gasteiger partial charge is 0.294 e. The summed E-state index contributed by atoms with van der Waals surface area (Å²) in [6.07, 6.45) is 0.727. The van der Waals surface area contributed by atoms with Gasteiger partial charge >= 0.3 is 0 Å². The maximum absolute atomic E-state index is 12.2. The zero-order valence-corrected chi connectivity index (χ0v) is 11.1. The highest BCUT2D eigenvalue weighted by Crippen LogP contribution is 2.14. The number of Topliss-reactive ketones (excluding diaryl/α,β-unsaturated/α-hetero) is 1. The number of benzene rings is 1. The van der Waals surface area contributed by atoms with Crippen molar-refractivity contribution in [3.8, 4) is 0 Å². The Morgan fingerprint density at radius 3 is 2.56 bits per heavy atom. The summed E-state index contributed by atoms with van der Waals surface area (Å²) in [5.74, 6) is 0.164. The van der Waals surface area contributed by atoms with Crippen LogP contribution in [0.15, 0.2) is 36.4 Å². The lowest BCUT2D eigenvalue weighted by molar-refractivity contribution is 0.0928. The molecule has 0 saturated carbocycles. The smallest absolute Gasteiger partial charge is 0.166 e. The summed E-state index contributed by atoms with van der Waals surface area (Å²) in [5.41, 5.74) is 2.88. The van der Waals surface area contributed by atoms with Crippen LogP contribution in [-0.2, 0) is 13.5 Å². The number of aromatic nitrogens is 2. The second kappa shape index (κ2) is 5.17. The van der Waals surface area contributed by atoms with E-state index < -0.39 is 0 Å². The number of carbonyl (C=O) groups is 1. The fraction of sp³-hybridized carbons (Fsp3) is 0.333. The lowest BCUT2D eigenvalue weighted by Gasteiger charge is -2.10. The molecule has 0 aliphatic heterocycles. The van der Waals surface area contributed by atoms with E-state index in [-0.39, 0.29) is 11.7 Å². The van der Waals surface area contributed by atoms with Crippen molar-refractivity contribution in [2.45, 2.75) is 20.3 Å². The second-order valence-electron chi connectivity index (χ2n) is 4.74. The Hall–Kier alpha value is -1.90. The molecule has 0 aliphatic rings. The Kier molecular flexibility index (Phi) is 3.60. The molecule has 2 rings (SSSR count). The highest BCUT2D eigenvalue weighted by atomic mass is 16.1. The molecule has 0 amide bonds. The number of hydrogen-bond donors (Lipinski definition) is 0. The summed E-state index contributed by atoms with van der Waals surface area (Å²) in [4.78, 5) is 12.2. The molecule has 1 aromatic carbocycles. The quantitative estimate of drug-likeness (QED) is 0.773.